The van der Waals surface area contributed by atoms with Crippen molar-refractivity contribution in [2.45, 2.75) is 37.6 Å². The summed E-state index contributed by atoms with van der Waals surface area (Å²) in [6.07, 6.45) is 3.27. The smallest absolute Gasteiger partial charge is 0.353 e. The molecule has 3 rings (SSSR count). The number of halogens is 3. The third-order valence-corrected chi connectivity index (χ3v) is 4.70. The molecule has 0 radical (unpaired) electrons. The van der Waals surface area contributed by atoms with Gasteiger partial charge in [-0.05, 0) is 25.3 Å². The molecule has 1 aliphatic rings. The number of rotatable bonds is 5. The minimum Gasteiger partial charge on any atom is -0.353 e. The lowest BCUT2D eigenvalue weighted by atomic mass is 10.1. The van der Waals surface area contributed by atoms with E-state index in [0.29, 0.717) is 5.69 Å². The summed E-state index contributed by atoms with van der Waals surface area (Å²) >= 11 is 0. The number of benzene rings is 1. The van der Waals surface area contributed by atoms with Crippen LogP contribution >= 0.6 is 0 Å². The van der Waals surface area contributed by atoms with Crippen LogP contribution in [0.1, 0.15) is 41.3 Å². The van der Waals surface area contributed by atoms with Crippen LogP contribution in [-0.2, 0) is 16.5 Å². The maximum atomic E-state index is 12.6. The van der Waals surface area contributed by atoms with Crippen LogP contribution in [0.5, 0.6) is 5.88 Å². The molecule has 2 aromatic rings. The van der Waals surface area contributed by atoms with E-state index < -0.39 is 21.5 Å². The van der Waals surface area contributed by atoms with Gasteiger partial charge in [0.05, 0.1) is 5.69 Å². The van der Waals surface area contributed by atoms with Gasteiger partial charge in [0.1, 0.15) is 5.69 Å². The third kappa shape index (κ3) is 4.09. The summed E-state index contributed by atoms with van der Waals surface area (Å²) < 4.78 is 64.9. The van der Waals surface area contributed by atoms with Crippen molar-refractivity contribution >= 4 is 10.1 Å². The minimum atomic E-state index is -5.80. The fraction of sp³-hybridized carbons (Fsp3) is 0.375. The number of aromatic nitrogens is 2. The number of nitrogens with zero attached hydrogens (tertiary/aromatic N) is 2. The molecular weight excluding hydrogens is 357 g/mol. The third-order valence-electron chi connectivity index (χ3n) is 3.75. The zero-order chi connectivity index (χ0) is 18.2. The molecule has 0 amide bonds. The van der Waals surface area contributed by atoms with Crippen molar-refractivity contribution in [3.8, 4) is 5.88 Å². The van der Waals surface area contributed by atoms with Crippen molar-refractivity contribution in [3.05, 3.63) is 53.0 Å². The lowest BCUT2D eigenvalue weighted by molar-refractivity contribution is -0.0501. The van der Waals surface area contributed by atoms with E-state index in [4.69, 9.17) is 0 Å². The Bertz CT molecular complexity index is 894. The number of hydrogen-bond acceptors (Lipinski definition) is 5. The lowest BCUT2D eigenvalue weighted by Gasteiger charge is -2.13. The van der Waals surface area contributed by atoms with Crippen LogP contribution < -0.4 is 4.18 Å². The van der Waals surface area contributed by atoms with Gasteiger partial charge in [-0.15, -0.1) is 0 Å². The van der Waals surface area contributed by atoms with E-state index in [1.165, 1.54) is 6.20 Å². The van der Waals surface area contributed by atoms with Gasteiger partial charge in [-0.3, -0.25) is 4.98 Å². The van der Waals surface area contributed by atoms with Crippen LogP contribution in [0, 0.1) is 6.92 Å². The van der Waals surface area contributed by atoms with Crippen molar-refractivity contribution in [1.82, 2.24) is 9.97 Å². The minimum absolute atomic E-state index is 0.0443. The molecule has 0 saturated heterocycles. The van der Waals surface area contributed by atoms with Crippen molar-refractivity contribution in [3.63, 3.8) is 0 Å². The van der Waals surface area contributed by atoms with Gasteiger partial charge in [-0.25, -0.2) is 4.98 Å². The SMILES string of the molecule is Cc1cccc(Cc2ncc(C3CC3)nc2OS(=O)(=O)C(F)(F)F)c1. The zero-order valence-corrected chi connectivity index (χ0v) is 14.1. The van der Waals surface area contributed by atoms with Gasteiger partial charge in [0.2, 0.25) is 0 Å². The summed E-state index contributed by atoms with van der Waals surface area (Å²) in [7, 11) is -5.80. The number of aryl methyl sites for hydroxylation is 1. The van der Waals surface area contributed by atoms with E-state index in [1.54, 1.807) is 12.1 Å². The first-order valence-electron chi connectivity index (χ1n) is 7.58. The Balaban J connectivity index is 1.97. The van der Waals surface area contributed by atoms with Crippen molar-refractivity contribution in [1.29, 1.82) is 0 Å². The largest absolute Gasteiger partial charge is 0.534 e. The summed E-state index contributed by atoms with van der Waals surface area (Å²) in [6, 6.07) is 7.27. The maximum absolute atomic E-state index is 12.6. The molecule has 1 aromatic carbocycles. The monoisotopic (exact) mass is 372 g/mol. The Morgan fingerprint density at radius 2 is 2.00 bits per heavy atom. The van der Waals surface area contributed by atoms with Gasteiger partial charge in [-0.1, -0.05) is 29.8 Å². The topological polar surface area (TPSA) is 69.2 Å². The van der Waals surface area contributed by atoms with E-state index in [2.05, 4.69) is 14.2 Å². The van der Waals surface area contributed by atoms with E-state index >= 15 is 0 Å². The first-order chi connectivity index (χ1) is 11.7. The molecule has 1 saturated carbocycles. The highest BCUT2D eigenvalue weighted by molar-refractivity contribution is 7.87. The average molecular weight is 372 g/mol. The molecule has 0 N–H and O–H groups in total. The highest BCUT2D eigenvalue weighted by Crippen LogP contribution is 2.40. The van der Waals surface area contributed by atoms with Crippen LogP contribution in [0.15, 0.2) is 30.5 Å². The molecule has 0 aliphatic heterocycles. The van der Waals surface area contributed by atoms with Gasteiger partial charge < -0.3 is 4.18 Å². The Labute approximate surface area is 143 Å². The summed E-state index contributed by atoms with van der Waals surface area (Å²) in [5.74, 6) is -0.514. The van der Waals surface area contributed by atoms with Crippen molar-refractivity contribution in [2.24, 2.45) is 0 Å². The van der Waals surface area contributed by atoms with Crippen LogP contribution in [-0.4, -0.2) is 23.9 Å². The predicted molar refractivity (Wildman–Crippen MR) is 83.6 cm³/mol. The number of hydrogen-bond donors (Lipinski definition) is 0. The first-order valence-corrected chi connectivity index (χ1v) is 8.98. The molecule has 5 nitrogen and oxygen atoms in total. The molecule has 9 heteroatoms. The van der Waals surface area contributed by atoms with Crippen LogP contribution in [0.3, 0.4) is 0 Å². The molecule has 0 bridgehead atoms. The Kier molecular flexibility index (Phi) is 4.44. The quantitative estimate of drug-likeness (QED) is 0.594. The fourth-order valence-corrected chi connectivity index (χ4v) is 2.78. The molecule has 134 valence electrons. The van der Waals surface area contributed by atoms with E-state index in [0.717, 1.165) is 24.0 Å². The predicted octanol–water partition coefficient (Wildman–Crippen LogP) is 3.48. The standard InChI is InChI=1S/C16H15F3N2O3S/c1-10-3-2-4-11(7-10)8-13-15(24-25(22,23)16(17,18)19)21-14(9-20-13)12-5-6-12/h2-4,7,9,12H,5-6,8H2,1H3. The Hall–Kier alpha value is -2.16. The summed E-state index contributed by atoms with van der Waals surface area (Å²) in [4.78, 5) is 8.10. The van der Waals surface area contributed by atoms with Crippen molar-refractivity contribution < 1.29 is 25.8 Å². The van der Waals surface area contributed by atoms with Crippen LogP contribution in [0.4, 0.5) is 13.2 Å². The molecule has 1 aromatic heterocycles. The van der Waals surface area contributed by atoms with E-state index in [1.807, 2.05) is 19.1 Å². The second-order valence-corrected chi connectivity index (χ2v) is 7.51. The molecule has 1 fully saturated rings. The van der Waals surface area contributed by atoms with Crippen LogP contribution in [0.2, 0.25) is 0 Å². The van der Waals surface area contributed by atoms with Crippen LogP contribution in [0.25, 0.3) is 0 Å². The molecule has 0 unspecified atom stereocenters. The van der Waals surface area contributed by atoms with E-state index in [9.17, 15) is 21.6 Å². The number of alkyl halides is 3. The summed E-state index contributed by atoms with van der Waals surface area (Å²) in [5, 5.41) is 0. The summed E-state index contributed by atoms with van der Waals surface area (Å²) in [5.41, 5.74) is -3.30. The fourth-order valence-electron chi connectivity index (χ4n) is 2.34. The van der Waals surface area contributed by atoms with Gasteiger partial charge in [0.25, 0.3) is 5.88 Å². The second kappa shape index (κ2) is 6.29. The van der Waals surface area contributed by atoms with E-state index in [-0.39, 0.29) is 18.0 Å². The molecule has 0 spiro atoms. The molecule has 1 aliphatic carbocycles. The lowest BCUT2D eigenvalue weighted by Crippen LogP contribution is -2.29. The van der Waals surface area contributed by atoms with Gasteiger partial charge >= 0.3 is 15.6 Å². The molecule has 25 heavy (non-hydrogen) atoms. The second-order valence-electron chi connectivity index (χ2n) is 5.97. The first kappa shape index (κ1) is 17.7. The van der Waals surface area contributed by atoms with Gasteiger partial charge in [-0.2, -0.15) is 21.6 Å². The normalized spacial score (nSPS) is 15.2. The Morgan fingerprint density at radius 1 is 1.28 bits per heavy atom. The average Bonchev–Trinajstić information content (AvgIpc) is 3.32. The van der Waals surface area contributed by atoms with Crippen molar-refractivity contribution in [2.75, 3.05) is 0 Å². The maximum Gasteiger partial charge on any atom is 0.534 e. The molecular formula is C16H15F3N2O3S. The molecule has 1 heterocycles. The molecule has 0 atom stereocenters. The zero-order valence-electron chi connectivity index (χ0n) is 13.2. The summed E-state index contributed by atoms with van der Waals surface area (Å²) in [6.45, 7) is 1.87. The Morgan fingerprint density at radius 3 is 2.60 bits per heavy atom. The highest BCUT2D eigenvalue weighted by atomic mass is 32.2. The van der Waals surface area contributed by atoms with Gasteiger partial charge in [0, 0.05) is 18.5 Å². The van der Waals surface area contributed by atoms with Gasteiger partial charge in [0.15, 0.2) is 0 Å². The highest BCUT2D eigenvalue weighted by Gasteiger charge is 2.49.